The average Bonchev–Trinajstić information content (AvgIpc) is 2.47. The Morgan fingerprint density at radius 1 is 1.26 bits per heavy atom. The summed E-state index contributed by atoms with van der Waals surface area (Å²) in [5, 5.41) is 3.57. The molecule has 3 rings (SSSR count). The third kappa shape index (κ3) is 3.01. The Labute approximate surface area is 121 Å². The van der Waals surface area contributed by atoms with Crippen LogP contribution in [0.5, 0.6) is 0 Å². The first kappa shape index (κ1) is 12.8. The lowest BCUT2D eigenvalue weighted by Gasteiger charge is -2.25. The lowest BCUT2D eigenvalue weighted by atomic mass is 9.92. The van der Waals surface area contributed by atoms with Gasteiger partial charge < -0.3 is 5.32 Å². The van der Waals surface area contributed by atoms with Crippen LogP contribution < -0.4 is 5.32 Å². The van der Waals surface area contributed by atoms with Gasteiger partial charge in [-0.15, -0.1) is 0 Å². The van der Waals surface area contributed by atoms with Gasteiger partial charge in [0.25, 0.3) is 0 Å². The minimum atomic E-state index is 0.357. The standard InChI is InChI=1S/C15H16BrN3/c16-12-6-7-13(18-9-12)10-19-14-5-1-3-11-4-2-8-17-15(11)14/h2,4,6-9,14,19H,1,3,5,10H2. The molecule has 0 spiro atoms. The second-order valence-corrected chi connectivity index (χ2v) is 5.76. The van der Waals surface area contributed by atoms with E-state index < -0.39 is 0 Å². The van der Waals surface area contributed by atoms with E-state index >= 15 is 0 Å². The third-order valence-electron chi connectivity index (χ3n) is 3.51. The maximum atomic E-state index is 4.54. The molecule has 2 aromatic rings. The highest BCUT2D eigenvalue weighted by atomic mass is 79.9. The van der Waals surface area contributed by atoms with Crippen LogP contribution in [0, 0.1) is 0 Å². The summed E-state index contributed by atoms with van der Waals surface area (Å²) >= 11 is 3.40. The second kappa shape index (κ2) is 5.80. The van der Waals surface area contributed by atoms with Crippen LogP contribution in [0.4, 0.5) is 0 Å². The number of nitrogens with one attached hydrogen (secondary N) is 1. The number of halogens is 1. The predicted octanol–water partition coefficient (Wildman–Crippen LogP) is 3.41. The van der Waals surface area contributed by atoms with Crippen LogP contribution in [0.25, 0.3) is 0 Å². The van der Waals surface area contributed by atoms with E-state index in [2.05, 4.69) is 37.3 Å². The number of hydrogen-bond donors (Lipinski definition) is 1. The molecule has 4 heteroatoms. The molecule has 1 aliphatic carbocycles. The van der Waals surface area contributed by atoms with Crippen LogP contribution in [-0.4, -0.2) is 9.97 Å². The molecular weight excluding hydrogens is 302 g/mol. The molecule has 0 fully saturated rings. The number of hydrogen-bond acceptors (Lipinski definition) is 3. The van der Waals surface area contributed by atoms with Crippen LogP contribution in [0.15, 0.2) is 41.1 Å². The van der Waals surface area contributed by atoms with Gasteiger partial charge in [-0.3, -0.25) is 9.97 Å². The molecule has 98 valence electrons. The van der Waals surface area contributed by atoms with E-state index in [-0.39, 0.29) is 0 Å². The summed E-state index contributed by atoms with van der Waals surface area (Å²) < 4.78 is 1.01. The number of pyridine rings is 2. The molecule has 1 atom stereocenters. The molecular formula is C15H16BrN3. The zero-order valence-corrected chi connectivity index (χ0v) is 12.2. The van der Waals surface area contributed by atoms with Crippen molar-refractivity contribution in [3.05, 3.63) is 58.1 Å². The van der Waals surface area contributed by atoms with Crippen molar-refractivity contribution in [3.63, 3.8) is 0 Å². The van der Waals surface area contributed by atoms with Gasteiger partial charge in [-0.25, -0.2) is 0 Å². The van der Waals surface area contributed by atoms with E-state index in [9.17, 15) is 0 Å². The quantitative estimate of drug-likeness (QED) is 0.942. The highest BCUT2D eigenvalue weighted by molar-refractivity contribution is 9.10. The number of fused-ring (bicyclic) bond motifs is 1. The zero-order valence-electron chi connectivity index (χ0n) is 10.6. The van der Waals surface area contributed by atoms with E-state index in [4.69, 9.17) is 0 Å². The predicted molar refractivity (Wildman–Crippen MR) is 78.7 cm³/mol. The minimum Gasteiger partial charge on any atom is -0.303 e. The first-order valence-corrected chi connectivity index (χ1v) is 7.40. The van der Waals surface area contributed by atoms with Crippen molar-refractivity contribution in [3.8, 4) is 0 Å². The van der Waals surface area contributed by atoms with Gasteiger partial charge in [0.15, 0.2) is 0 Å². The normalized spacial score (nSPS) is 18.1. The fourth-order valence-corrected chi connectivity index (χ4v) is 2.78. The largest absolute Gasteiger partial charge is 0.303 e. The Balaban J connectivity index is 1.69. The van der Waals surface area contributed by atoms with Crippen molar-refractivity contribution in [2.75, 3.05) is 0 Å². The van der Waals surface area contributed by atoms with E-state index in [1.807, 2.05) is 30.6 Å². The molecule has 3 nitrogen and oxygen atoms in total. The third-order valence-corrected chi connectivity index (χ3v) is 3.98. The molecule has 19 heavy (non-hydrogen) atoms. The zero-order chi connectivity index (χ0) is 13.1. The molecule has 0 saturated carbocycles. The Morgan fingerprint density at radius 3 is 3.05 bits per heavy atom. The summed E-state index contributed by atoms with van der Waals surface area (Å²) in [6.07, 6.45) is 7.25. The second-order valence-electron chi connectivity index (χ2n) is 4.84. The maximum absolute atomic E-state index is 4.54. The Morgan fingerprint density at radius 2 is 2.21 bits per heavy atom. The van der Waals surface area contributed by atoms with Crippen LogP contribution in [0.2, 0.25) is 0 Å². The van der Waals surface area contributed by atoms with Crippen LogP contribution in [0.1, 0.15) is 35.8 Å². The van der Waals surface area contributed by atoms with Gasteiger partial charge in [0.1, 0.15) is 0 Å². The van der Waals surface area contributed by atoms with Crippen molar-refractivity contribution in [1.29, 1.82) is 0 Å². The summed E-state index contributed by atoms with van der Waals surface area (Å²) in [7, 11) is 0. The van der Waals surface area contributed by atoms with Gasteiger partial charge in [-0.2, -0.15) is 0 Å². The molecule has 0 aliphatic heterocycles. The van der Waals surface area contributed by atoms with Gasteiger partial charge in [-0.1, -0.05) is 6.07 Å². The minimum absolute atomic E-state index is 0.357. The van der Waals surface area contributed by atoms with Crippen molar-refractivity contribution < 1.29 is 0 Å². The molecule has 1 aliphatic rings. The van der Waals surface area contributed by atoms with Gasteiger partial charge in [0, 0.05) is 23.4 Å². The molecule has 0 bridgehead atoms. The summed E-state index contributed by atoms with van der Waals surface area (Å²) in [6, 6.07) is 8.64. The molecule has 1 unspecified atom stereocenters. The van der Waals surface area contributed by atoms with Gasteiger partial charge in [0.2, 0.25) is 0 Å². The van der Waals surface area contributed by atoms with Crippen LogP contribution >= 0.6 is 15.9 Å². The summed E-state index contributed by atoms with van der Waals surface area (Å²) in [5.41, 5.74) is 3.66. The Bertz CT molecular complexity index is 554. The first-order valence-electron chi connectivity index (χ1n) is 6.60. The Hall–Kier alpha value is -1.26. The fourth-order valence-electron chi connectivity index (χ4n) is 2.55. The number of nitrogens with zero attached hydrogens (tertiary/aromatic N) is 2. The number of aromatic nitrogens is 2. The number of rotatable bonds is 3. The van der Waals surface area contributed by atoms with Crippen LogP contribution in [-0.2, 0) is 13.0 Å². The summed E-state index contributed by atoms with van der Waals surface area (Å²) in [5.74, 6) is 0. The maximum Gasteiger partial charge on any atom is 0.0605 e. The molecule has 2 aromatic heterocycles. The van der Waals surface area contributed by atoms with E-state index in [0.29, 0.717) is 6.04 Å². The van der Waals surface area contributed by atoms with Crippen molar-refractivity contribution >= 4 is 15.9 Å². The highest BCUT2D eigenvalue weighted by Gasteiger charge is 2.20. The lowest BCUT2D eigenvalue weighted by molar-refractivity contribution is 0.445. The molecule has 1 N–H and O–H groups in total. The van der Waals surface area contributed by atoms with E-state index in [1.165, 1.54) is 17.7 Å². The highest BCUT2D eigenvalue weighted by Crippen LogP contribution is 2.27. The molecule has 0 radical (unpaired) electrons. The molecule has 2 heterocycles. The van der Waals surface area contributed by atoms with Gasteiger partial charge in [-0.05, 0) is 59.0 Å². The summed E-state index contributed by atoms with van der Waals surface area (Å²) in [6.45, 7) is 0.786. The SMILES string of the molecule is Brc1ccc(CNC2CCCc3cccnc32)nc1. The summed E-state index contributed by atoms with van der Waals surface area (Å²) in [4.78, 5) is 8.93. The van der Waals surface area contributed by atoms with Crippen LogP contribution in [0.3, 0.4) is 0 Å². The van der Waals surface area contributed by atoms with Crippen molar-refractivity contribution in [2.24, 2.45) is 0 Å². The van der Waals surface area contributed by atoms with Gasteiger partial charge in [0.05, 0.1) is 17.4 Å². The molecule has 0 amide bonds. The molecule has 0 saturated heterocycles. The lowest BCUT2D eigenvalue weighted by Crippen LogP contribution is -2.26. The average molecular weight is 318 g/mol. The van der Waals surface area contributed by atoms with Crippen molar-refractivity contribution in [2.45, 2.75) is 31.8 Å². The molecule has 0 aromatic carbocycles. The van der Waals surface area contributed by atoms with E-state index in [1.54, 1.807) is 0 Å². The van der Waals surface area contributed by atoms with E-state index in [0.717, 1.165) is 29.6 Å². The fraction of sp³-hybridized carbons (Fsp3) is 0.333. The Kier molecular flexibility index (Phi) is 3.89. The number of aryl methyl sites for hydroxylation is 1. The smallest absolute Gasteiger partial charge is 0.0605 e. The topological polar surface area (TPSA) is 37.8 Å². The van der Waals surface area contributed by atoms with Gasteiger partial charge >= 0.3 is 0 Å². The van der Waals surface area contributed by atoms with Crippen molar-refractivity contribution in [1.82, 2.24) is 15.3 Å². The first-order chi connectivity index (χ1) is 9.33. The monoisotopic (exact) mass is 317 g/mol.